The third-order valence-electron chi connectivity index (χ3n) is 0. The summed E-state index contributed by atoms with van der Waals surface area (Å²) in [5.74, 6) is 0. The van der Waals surface area contributed by atoms with E-state index in [-0.39, 0.29) is 0 Å². The Morgan fingerprint density at radius 3 is 1.67 bits per heavy atom. The van der Waals surface area contributed by atoms with Gasteiger partial charge in [0.1, 0.15) is 0 Å². The molecule has 3 nitrogen and oxygen atoms in total. The second kappa shape index (κ2) is 8.87. The summed E-state index contributed by atoms with van der Waals surface area (Å²) in [6.07, 6.45) is 0. The van der Waals surface area contributed by atoms with Gasteiger partial charge >= 0.3 is 0 Å². The molecule has 4 N–H and O–H groups in total. The van der Waals surface area contributed by atoms with Crippen LogP contribution in [0.25, 0.3) is 0 Å². The molecule has 38 valence electrons. The fourth-order valence-electron chi connectivity index (χ4n) is 0. The van der Waals surface area contributed by atoms with Crippen molar-refractivity contribution in [1.82, 2.24) is 0 Å². The van der Waals surface area contributed by atoms with Crippen molar-refractivity contribution in [2.75, 3.05) is 0 Å². The summed E-state index contributed by atoms with van der Waals surface area (Å²) in [6.45, 7) is 0. The molecule has 0 spiro atoms. The first-order chi connectivity index (χ1) is 2.73. The molecule has 0 aliphatic rings. The monoisotopic (exact) mass is 129 g/mol. The van der Waals surface area contributed by atoms with Crippen LogP contribution in [-0.2, 0) is 0 Å². The van der Waals surface area contributed by atoms with Crippen molar-refractivity contribution < 1.29 is 9.77 Å². The SMILES string of the molecule is NC(O)=S.OCl. The summed E-state index contributed by atoms with van der Waals surface area (Å²) < 4.78 is 6.47. The molecule has 0 aliphatic heterocycles. The van der Waals surface area contributed by atoms with Crippen molar-refractivity contribution in [2.24, 2.45) is 5.73 Å². The second-order valence-electron chi connectivity index (χ2n) is 0.338. The lowest BCUT2D eigenvalue weighted by molar-refractivity contribution is 0.560. The number of rotatable bonds is 0. The zero-order chi connectivity index (χ0) is 5.58. The fourth-order valence-corrected chi connectivity index (χ4v) is 0. The van der Waals surface area contributed by atoms with Gasteiger partial charge in [-0.25, -0.2) is 0 Å². The van der Waals surface area contributed by atoms with Crippen LogP contribution in [0.2, 0.25) is 0 Å². The number of aliphatic hydroxyl groups excluding tert-OH is 1. The quantitative estimate of drug-likeness (QED) is 0.401. The predicted octanol–water partition coefficient (Wildman–Crippen LogP) is -0.0795. The van der Waals surface area contributed by atoms with E-state index in [1.807, 2.05) is 0 Å². The summed E-state index contributed by atoms with van der Waals surface area (Å²) in [7, 11) is 0. The Kier molecular flexibility index (Phi) is 13.8. The van der Waals surface area contributed by atoms with E-state index in [1.54, 1.807) is 0 Å². The van der Waals surface area contributed by atoms with E-state index in [9.17, 15) is 0 Å². The fraction of sp³-hybridized carbons (Fsp3) is 0. The number of thiocarbonyl (C=S) groups is 1. The highest BCUT2D eigenvalue weighted by Gasteiger charge is 1.57. The van der Waals surface area contributed by atoms with Gasteiger partial charge in [0.05, 0.1) is 11.9 Å². The highest BCUT2D eigenvalue weighted by atomic mass is 35.5. The summed E-state index contributed by atoms with van der Waals surface area (Å²) in [5, 5.41) is 7.06. The maximum Gasteiger partial charge on any atom is 0.251 e. The van der Waals surface area contributed by atoms with Crippen LogP contribution in [0.15, 0.2) is 0 Å². The minimum absolute atomic E-state index is 0.500. The summed E-state index contributed by atoms with van der Waals surface area (Å²) >= 11 is 7.51. The number of nitrogens with two attached hydrogens (primary N) is 1. The van der Waals surface area contributed by atoms with E-state index in [4.69, 9.17) is 9.77 Å². The molecule has 0 amide bonds. The van der Waals surface area contributed by atoms with Crippen LogP contribution in [0.4, 0.5) is 0 Å². The van der Waals surface area contributed by atoms with E-state index >= 15 is 0 Å². The minimum Gasteiger partial charge on any atom is -0.487 e. The molecule has 6 heavy (non-hydrogen) atoms. The summed E-state index contributed by atoms with van der Waals surface area (Å²) in [6, 6.07) is 0. The molecule has 0 aromatic heterocycles. The predicted molar refractivity (Wildman–Crippen MR) is 27.5 cm³/mol. The molecule has 0 rings (SSSR count). The molecule has 0 aliphatic carbocycles. The van der Waals surface area contributed by atoms with Gasteiger partial charge in [0.25, 0.3) is 5.17 Å². The zero-order valence-electron chi connectivity index (χ0n) is 2.76. The average molecular weight is 130 g/mol. The van der Waals surface area contributed by atoms with E-state index < -0.39 is 5.17 Å². The number of hydrogen-bond acceptors (Lipinski definition) is 2. The summed E-state index contributed by atoms with van der Waals surface area (Å²) in [4.78, 5) is 0. The van der Waals surface area contributed by atoms with Crippen LogP contribution in [0.3, 0.4) is 0 Å². The largest absolute Gasteiger partial charge is 0.487 e. The third kappa shape index (κ3) is 9460. The number of hydrogen-bond donors (Lipinski definition) is 3. The smallest absolute Gasteiger partial charge is 0.251 e. The van der Waals surface area contributed by atoms with Crippen molar-refractivity contribution in [3.8, 4) is 0 Å². The average Bonchev–Trinajstić information content (AvgIpc) is 1.41. The van der Waals surface area contributed by atoms with Crippen LogP contribution in [0.1, 0.15) is 0 Å². The Morgan fingerprint density at radius 1 is 1.67 bits per heavy atom. The molecule has 0 unspecified atom stereocenters. The molecule has 0 radical (unpaired) electrons. The second-order valence-corrected chi connectivity index (χ2v) is 0.757. The van der Waals surface area contributed by atoms with E-state index in [2.05, 4.69) is 29.8 Å². The standard InChI is InChI=1S/CH3NOS.ClHO/c2-1(3)4;1-2/h(H3,2,3,4);2H. The van der Waals surface area contributed by atoms with Crippen LogP contribution in [0, 0.1) is 0 Å². The van der Waals surface area contributed by atoms with Crippen molar-refractivity contribution in [1.29, 1.82) is 0 Å². The molecule has 0 saturated heterocycles. The van der Waals surface area contributed by atoms with Gasteiger partial charge in [-0.15, -0.1) is 0 Å². The Morgan fingerprint density at radius 2 is 1.67 bits per heavy atom. The molecule has 0 saturated carbocycles. The zero-order valence-corrected chi connectivity index (χ0v) is 4.33. The lowest BCUT2D eigenvalue weighted by atomic mass is 11.4. The molecular weight excluding hydrogens is 126 g/mol. The van der Waals surface area contributed by atoms with Gasteiger partial charge in [-0.3, -0.25) is 4.66 Å². The molecular formula is CH4ClNO2S. The molecule has 0 aromatic rings. The normalized spacial score (nSPS) is 5.00. The van der Waals surface area contributed by atoms with E-state index in [1.165, 1.54) is 0 Å². The minimum atomic E-state index is -0.500. The molecule has 5 heteroatoms. The molecule has 0 heterocycles. The third-order valence-corrected chi connectivity index (χ3v) is 0. The first-order valence-corrected chi connectivity index (χ1v) is 1.63. The maximum atomic E-state index is 7.56. The highest BCUT2D eigenvalue weighted by Crippen LogP contribution is 1.40. The van der Waals surface area contributed by atoms with Gasteiger partial charge in [0, 0.05) is 0 Å². The topological polar surface area (TPSA) is 66.5 Å². The van der Waals surface area contributed by atoms with Crippen molar-refractivity contribution in [2.45, 2.75) is 0 Å². The van der Waals surface area contributed by atoms with Crippen LogP contribution >= 0.6 is 24.1 Å². The Balaban J connectivity index is 0. The van der Waals surface area contributed by atoms with Crippen molar-refractivity contribution in [3.05, 3.63) is 0 Å². The lowest BCUT2D eigenvalue weighted by Crippen LogP contribution is -2.03. The molecule has 0 fully saturated rings. The van der Waals surface area contributed by atoms with Gasteiger partial charge in [0.2, 0.25) is 0 Å². The van der Waals surface area contributed by atoms with E-state index in [0.29, 0.717) is 0 Å². The highest BCUT2D eigenvalue weighted by molar-refractivity contribution is 7.79. The first-order valence-electron chi connectivity index (χ1n) is 0.885. The molecule has 0 bridgehead atoms. The lowest BCUT2D eigenvalue weighted by Gasteiger charge is -1.67. The van der Waals surface area contributed by atoms with Crippen LogP contribution in [-0.4, -0.2) is 14.9 Å². The summed E-state index contributed by atoms with van der Waals surface area (Å²) in [5.41, 5.74) is 4.40. The number of aliphatic hydroxyl groups is 1. The molecule has 0 atom stereocenters. The van der Waals surface area contributed by atoms with Gasteiger partial charge < -0.3 is 10.8 Å². The van der Waals surface area contributed by atoms with E-state index in [0.717, 1.165) is 0 Å². The Hall–Kier alpha value is -0.0600. The van der Waals surface area contributed by atoms with Gasteiger partial charge in [0.15, 0.2) is 0 Å². The molecule has 0 aromatic carbocycles. The van der Waals surface area contributed by atoms with Gasteiger partial charge in [-0.1, -0.05) is 0 Å². The maximum absolute atomic E-state index is 7.56. The van der Waals surface area contributed by atoms with Crippen LogP contribution in [0.5, 0.6) is 0 Å². The van der Waals surface area contributed by atoms with Crippen molar-refractivity contribution in [3.63, 3.8) is 0 Å². The first kappa shape index (κ1) is 9.34. The van der Waals surface area contributed by atoms with Crippen LogP contribution < -0.4 is 5.73 Å². The van der Waals surface area contributed by atoms with Crippen molar-refractivity contribution >= 4 is 29.3 Å². The van der Waals surface area contributed by atoms with Gasteiger partial charge in [-0.2, -0.15) is 0 Å². The Labute approximate surface area is 45.5 Å². The number of halogens is 1. The Bertz CT molecular complexity index is 36.5. The van der Waals surface area contributed by atoms with Gasteiger partial charge in [-0.05, 0) is 12.2 Å².